The molecule has 3 rings (SSSR count). The van der Waals surface area contributed by atoms with Crippen LogP contribution in [0.25, 0.3) is 0 Å². The van der Waals surface area contributed by atoms with Crippen molar-refractivity contribution in [3.05, 3.63) is 88.7 Å². The molecule has 1 aromatic heterocycles. The van der Waals surface area contributed by atoms with Crippen LogP contribution < -0.4 is 10.6 Å². The fourth-order valence-electron chi connectivity index (χ4n) is 2.49. The van der Waals surface area contributed by atoms with E-state index in [0.717, 1.165) is 23.3 Å². The number of nitrogens with one attached hydrogen (secondary N) is 2. The summed E-state index contributed by atoms with van der Waals surface area (Å²) in [6.45, 7) is 3.92. The average Bonchev–Trinajstić information content (AvgIpc) is 2.67. The van der Waals surface area contributed by atoms with Gasteiger partial charge in [-0.05, 0) is 61.4 Å². The molecule has 0 unspecified atom stereocenters. The molecule has 2 amide bonds. The molecule has 5 nitrogen and oxygen atoms in total. The lowest BCUT2D eigenvalue weighted by Gasteiger charge is -2.09. The molecule has 3 aromatic rings. The number of halogens is 2. The fourth-order valence-corrected chi connectivity index (χ4v) is 2.49. The molecule has 1 heterocycles. The highest BCUT2D eigenvalue weighted by Crippen LogP contribution is 2.17. The van der Waals surface area contributed by atoms with Crippen LogP contribution >= 0.6 is 0 Å². The predicted octanol–water partition coefficient (Wildman–Crippen LogP) is 4.48. The third-order valence-corrected chi connectivity index (χ3v) is 4.20. The van der Waals surface area contributed by atoms with Gasteiger partial charge in [0.1, 0.15) is 5.69 Å². The Morgan fingerprint density at radius 1 is 0.786 bits per heavy atom. The molecule has 0 fully saturated rings. The lowest BCUT2D eigenvalue weighted by Crippen LogP contribution is -2.17. The molecular formula is C21H17F2N3O2. The van der Waals surface area contributed by atoms with Gasteiger partial charge in [-0.2, -0.15) is 0 Å². The van der Waals surface area contributed by atoms with Gasteiger partial charge in [0.2, 0.25) is 0 Å². The average molecular weight is 381 g/mol. The second kappa shape index (κ2) is 7.96. The highest BCUT2D eigenvalue weighted by atomic mass is 19.2. The Bertz CT molecular complexity index is 987. The van der Waals surface area contributed by atoms with Gasteiger partial charge in [0.05, 0.1) is 0 Å². The summed E-state index contributed by atoms with van der Waals surface area (Å²) < 4.78 is 26.2. The van der Waals surface area contributed by atoms with Crippen LogP contribution in [0, 0.1) is 25.5 Å². The van der Waals surface area contributed by atoms with Crippen LogP contribution in [0.5, 0.6) is 0 Å². The molecule has 0 aliphatic carbocycles. The van der Waals surface area contributed by atoms with E-state index in [-0.39, 0.29) is 16.9 Å². The molecule has 7 heteroatoms. The van der Waals surface area contributed by atoms with Crippen molar-refractivity contribution in [1.29, 1.82) is 0 Å². The largest absolute Gasteiger partial charge is 0.322 e. The normalized spacial score (nSPS) is 10.4. The number of aromatic nitrogens is 1. The Morgan fingerprint density at radius 2 is 1.46 bits per heavy atom. The number of aryl methyl sites for hydroxylation is 2. The first-order valence-electron chi connectivity index (χ1n) is 8.44. The van der Waals surface area contributed by atoms with Crippen molar-refractivity contribution < 1.29 is 18.4 Å². The Kier molecular flexibility index (Phi) is 5.44. The van der Waals surface area contributed by atoms with Crippen LogP contribution in [0.15, 0.2) is 54.7 Å². The number of anilines is 2. The Balaban J connectivity index is 1.75. The maximum absolute atomic E-state index is 13.3. The van der Waals surface area contributed by atoms with Crippen LogP contribution in [-0.4, -0.2) is 16.8 Å². The second-order valence-electron chi connectivity index (χ2n) is 6.27. The Morgan fingerprint density at radius 3 is 2.18 bits per heavy atom. The minimum atomic E-state index is -1.08. The van der Waals surface area contributed by atoms with E-state index in [1.54, 1.807) is 6.07 Å². The van der Waals surface area contributed by atoms with Gasteiger partial charge in [-0.1, -0.05) is 6.07 Å². The molecule has 0 bridgehead atoms. The van der Waals surface area contributed by atoms with E-state index in [1.165, 1.54) is 24.4 Å². The number of hydrogen-bond acceptors (Lipinski definition) is 3. The zero-order valence-corrected chi connectivity index (χ0v) is 15.2. The van der Waals surface area contributed by atoms with E-state index >= 15 is 0 Å². The molecule has 0 aliphatic rings. The van der Waals surface area contributed by atoms with Gasteiger partial charge in [-0.25, -0.2) is 8.78 Å². The zero-order valence-electron chi connectivity index (χ0n) is 15.2. The van der Waals surface area contributed by atoms with Gasteiger partial charge >= 0.3 is 0 Å². The first kappa shape index (κ1) is 19.2. The van der Waals surface area contributed by atoms with Crippen LogP contribution in [-0.2, 0) is 0 Å². The van der Waals surface area contributed by atoms with Crippen LogP contribution in [0.1, 0.15) is 32.0 Å². The smallest absolute Gasteiger partial charge is 0.274 e. The number of nitrogens with zero attached hydrogens (tertiary/aromatic N) is 1. The maximum atomic E-state index is 13.3. The highest BCUT2D eigenvalue weighted by molar-refractivity contribution is 6.07. The zero-order chi connectivity index (χ0) is 20.3. The lowest BCUT2D eigenvalue weighted by atomic mass is 10.1. The number of rotatable bonds is 4. The monoisotopic (exact) mass is 381 g/mol. The highest BCUT2D eigenvalue weighted by Gasteiger charge is 2.13. The summed E-state index contributed by atoms with van der Waals surface area (Å²) in [5.74, 6) is -3.13. The maximum Gasteiger partial charge on any atom is 0.274 e. The molecule has 142 valence electrons. The Hall–Kier alpha value is -3.61. The van der Waals surface area contributed by atoms with Crippen LogP contribution in [0.4, 0.5) is 20.2 Å². The van der Waals surface area contributed by atoms with E-state index in [1.807, 2.05) is 26.0 Å². The van der Waals surface area contributed by atoms with E-state index in [4.69, 9.17) is 0 Å². The third-order valence-electron chi connectivity index (χ3n) is 4.20. The van der Waals surface area contributed by atoms with Crippen molar-refractivity contribution in [1.82, 2.24) is 4.98 Å². The van der Waals surface area contributed by atoms with E-state index in [2.05, 4.69) is 15.6 Å². The number of pyridine rings is 1. The Labute approximate surface area is 160 Å². The first-order valence-corrected chi connectivity index (χ1v) is 8.44. The molecule has 0 saturated carbocycles. The number of hydrogen-bond donors (Lipinski definition) is 2. The van der Waals surface area contributed by atoms with Crippen LogP contribution in [0.3, 0.4) is 0 Å². The van der Waals surface area contributed by atoms with Crippen molar-refractivity contribution >= 4 is 23.2 Å². The van der Waals surface area contributed by atoms with Crippen LogP contribution in [0.2, 0.25) is 0 Å². The van der Waals surface area contributed by atoms with Crippen molar-refractivity contribution in [2.45, 2.75) is 13.8 Å². The topological polar surface area (TPSA) is 71.1 Å². The summed E-state index contributed by atoms with van der Waals surface area (Å²) in [5.41, 5.74) is 3.08. The van der Waals surface area contributed by atoms with Crippen molar-refractivity contribution in [2.75, 3.05) is 10.6 Å². The van der Waals surface area contributed by atoms with E-state index in [9.17, 15) is 18.4 Å². The number of benzene rings is 2. The van der Waals surface area contributed by atoms with E-state index < -0.39 is 23.4 Å². The predicted molar refractivity (Wildman–Crippen MR) is 102 cm³/mol. The van der Waals surface area contributed by atoms with Crippen molar-refractivity contribution in [3.8, 4) is 0 Å². The summed E-state index contributed by atoms with van der Waals surface area (Å²) in [7, 11) is 0. The SMILES string of the molecule is Cc1ccc(NC(=O)c2ccnc(C(=O)Nc3ccc(F)c(F)c3)c2)cc1C. The van der Waals surface area contributed by atoms with Crippen molar-refractivity contribution in [3.63, 3.8) is 0 Å². The molecule has 28 heavy (non-hydrogen) atoms. The van der Waals surface area contributed by atoms with Gasteiger partial charge in [0, 0.05) is 29.2 Å². The van der Waals surface area contributed by atoms with Gasteiger partial charge in [-0.3, -0.25) is 14.6 Å². The first-order chi connectivity index (χ1) is 13.3. The summed E-state index contributed by atoms with van der Waals surface area (Å²) in [6, 6.07) is 11.3. The number of carbonyl (C=O) groups excluding carboxylic acids is 2. The standard InChI is InChI=1S/C21H17F2N3O2/c1-12-3-4-15(9-13(12)2)25-20(27)14-7-8-24-19(10-14)21(28)26-16-5-6-17(22)18(23)11-16/h3-11H,1-2H3,(H,25,27)(H,26,28). The molecular weight excluding hydrogens is 364 g/mol. The summed E-state index contributed by atoms with van der Waals surface area (Å²) in [5, 5.41) is 5.18. The molecule has 0 radical (unpaired) electrons. The van der Waals surface area contributed by atoms with E-state index in [0.29, 0.717) is 5.69 Å². The van der Waals surface area contributed by atoms with Gasteiger partial charge < -0.3 is 10.6 Å². The van der Waals surface area contributed by atoms with Gasteiger partial charge in [-0.15, -0.1) is 0 Å². The molecule has 2 N–H and O–H groups in total. The molecule has 0 atom stereocenters. The summed E-state index contributed by atoms with van der Waals surface area (Å²) in [4.78, 5) is 28.7. The summed E-state index contributed by atoms with van der Waals surface area (Å²) in [6.07, 6.45) is 1.33. The fraction of sp³-hybridized carbons (Fsp3) is 0.0952. The number of carbonyl (C=O) groups is 2. The molecule has 0 saturated heterocycles. The minimum absolute atomic E-state index is 0.0301. The molecule has 0 spiro atoms. The second-order valence-corrected chi connectivity index (χ2v) is 6.27. The lowest BCUT2D eigenvalue weighted by molar-refractivity contribution is 0.102. The summed E-state index contributed by atoms with van der Waals surface area (Å²) >= 11 is 0. The van der Waals surface area contributed by atoms with Gasteiger partial charge in [0.15, 0.2) is 11.6 Å². The quantitative estimate of drug-likeness (QED) is 0.700. The number of amides is 2. The van der Waals surface area contributed by atoms with Crippen molar-refractivity contribution in [2.24, 2.45) is 0 Å². The van der Waals surface area contributed by atoms with Gasteiger partial charge in [0.25, 0.3) is 11.8 Å². The molecule has 2 aromatic carbocycles. The minimum Gasteiger partial charge on any atom is -0.322 e. The third kappa shape index (κ3) is 4.37. The molecule has 0 aliphatic heterocycles.